The Labute approximate surface area is 94.2 Å². The minimum absolute atomic E-state index is 0.0145. The minimum Gasteiger partial charge on any atom is -0.326 e. The highest BCUT2D eigenvalue weighted by atomic mass is 16.2. The van der Waals surface area contributed by atoms with Crippen LogP contribution >= 0.6 is 0 Å². The Balaban J connectivity index is 1.95. The minimum atomic E-state index is -0.426. The Kier molecular flexibility index (Phi) is 2.94. The summed E-state index contributed by atoms with van der Waals surface area (Å²) in [5, 5.41) is 2.60. The van der Waals surface area contributed by atoms with Crippen molar-refractivity contribution < 1.29 is 14.4 Å². The highest BCUT2D eigenvalue weighted by Gasteiger charge is 2.40. The Morgan fingerprint density at radius 3 is 2.69 bits per heavy atom. The number of ketones is 1. The first-order valence-corrected chi connectivity index (χ1v) is 5.78. The highest BCUT2D eigenvalue weighted by molar-refractivity contribution is 6.07. The number of rotatable bonds is 5. The van der Waals surface area contributed by atoms with Gasteiger partial charge in [-0.15, -0.1) is 0 Å². The fourth-order valence-electron chi connectivity index (χ4n) is 1.90. The first-order valence-electron chi connectivity index (χ1n) is 5.78. The van der Waals surface area contributed by atoms with Crippen LogP contribution in [0.5, 0.6) is 0 Å². The monoisotopic (exact) mass is 224 g/mol. The van der Waals surface area contributed by atoms with Crippen LogP contribution in [0.2, 0.25) is 0 Å². The largest absolute Gasteiger partial charge is 0.326 e. The lowest BCUT2D eigenvalue weighted by Crippen LogP contribution is -2.36. The number of urea groups is 1. The summed E-state index contributed by atoms with van der Waals surface area (Å²) < 4.78 is 0. The summed E-state index contributed by atoms with van der Waals surface area (Å²) in [5.41, 5.74) is 0. The highest BCUT2D eigenvalue weighted by Crippen LogP contribution is 2.30. The van der Waals surface area contributed by atoms with E-state index in [1.165, 1.54) is 0 Å². The number of carbonyl (C=O) groups is 3. The Bertz CT molecular complexity index is 336. The molecule has 0 aromatic rings. The van der Waals surface area contributed by atoms with Gasteiger partial charge in [-0.2, -0.15) is 0 Å². The summed E-state index contributed by atoms with van der Waals surface area (Å²) >= 11 is 0. The fourth-order valence-corrected chi connectivity index (χ4v) is 1.90. The zero-order valence-corrected chi connectivity index (χ0v) is 9.36. The van der Waals surface area contributed by atoms with Crippen molar-refractivity contribution in [2.45, 2.75) is 38.6 Å². The maximum Gasteiger partial charge on any atom is 0.325 e. The molecule has 1 atom stereocenters. The molecule has 1 aliphatic heterocycles. The van der Waals surface area contributed by atoms with Crippen molar-refractivity contribution in [1.29, 1.82) is 0 Å². The van der Waals surface area contributed by atoms with Gasteiger partial charge in [0.05, 0.1) is 6.54 Å². The third-order valence-electron chi connectivity index (χ3n) is 3.03. The summed E-state index contributed by atoms with van der Waals surface area (Å²) in [4.78, 5) is 35.9. The van der Waals surface area contributed by atoms with Gasteiger partial charge in [0.25, 0.3) is 5.91 Å². The maximum atomic E-state index is 11.8. The molecule has 2 aliphatic rings. The quantitative estimate of drug-likeness (QED) is 0.698. The van der Waals surface area contributed by atoms with Crippen molar-refractivity contribution in [2.75, 3.05) is 6.54 Å². The molecule has 3 amide bonds. The molecule has 0 bridgehead atoms. The van der Waals surface area contributed by atoms with Gasteiger partial charge in [-0.1, -0.05) is 13.3 Å². The third kappa shape index (κ3) is 2.08. The smallest absolute Gasteiger partial charge is 0.325 e. The molecule has 1 saturated heterocycles. The number of Topliss-reactive ketones (excluding diaryl/α,β-unsaturated/α-hetero) is 1. The van der Waals surface area contributed by atoms with Gasteiger partial charge in [-0.25, -0.2) is 4.79 Å². The van der Waals surface area contributed by atoms with Gasteiger partial charge >= 0.3 is 6.03 Å². The first-order chi connectivity index (χ1) is 7.63. The standard InChI is InChI=1S/C11H16N2O3/c1-2-3-8-10(15)13(11(16)12-8)6-9(14)7-4-5-7/h7-8H,2-6H2,1H3,(H,12,16). The van der Waals surface area contributed by atoms with Crippen LogP contribution in [0.3, 0.4) is 0 Å². The number of nitrogens with zero attached hydrogens (tertiary/aromatic N) is 1. The lowest BCUT2D eigenvalue weighted by molar-refractivity contribution is -0.132. The number of carbonyl (C=O) groups excluding carboxylic acids is 3. The van der Waals surface area contributed by atoms with E-state index in [4.69, 9.17) is 0 Å². The van der Waals surface area contributed by atoms with Crippen LogP contribution in [0, 0.1) is 5.92 Å². The van der Waals surface area contributed by atoms with Crippen LogP contribution in [-0.2, 0) is 9.59 Å². The molecule has 0 spiro atoms. The molecular weight excluding hydrogens is 208 g/mol. The van der Waals surface area contributed by atoms with E-state index in [0.29, 0.717) is 6.42 Å². The molecular formula is C11H16N2O3. The number of imide groups is 1. The molecule has 16 heavy (non-hydrogen) atoms. The van der Waals surface area contributed by atoms with Gasteiger partial charge < -0.3 is 5.32 Å². The lowest BCUT2D eigenvalue weighted by atomic mass is 10.1. The number of nitrogens with one attached hydrogen (secondary N) is 1. The average molecular weight is 224 g/mol. The van der Waals surface area contributed by atoms with Crippen molar-refractivity contribution >= 4 is 17.7 Å². The van der Waals surface area contributed by atoms with E-state index in [9.17, 15) is 14.4 Å². The second-order valence-electron chi connectivity index (χ2n) is 4.46. The van der Waals surface area contributed by atoms with E-state index < -0.39 is 12.1 Å². The van der Waals surface area contributed by atoms with Gasteiger partial charge in [0.1, 0.15) is 6.04 Å². The van der Waals surface area contributed by atoms with Gasteiger partial charge in [-0.3, -0.25) is 14.5 Å². The lowest BCUT2D eigenvalue weighted by Gasteiger charge is -2.11. The van der Waals surface area contributed by atoms with E-state index >= 15 is 0 Å². The Hall–Kier alpha value is -1.39. The van der Waals surface area contributed by atoms with Crippen LogP contribution in [0.4, 0.5) is 4.79 Å². The van der Waals surface area contributed by atoms with Crippen LogP contribution < -0.4 is 5.32 Å². The molecule has 1 unspecified atom stereocenters. The molecule has 2 rings (SSSR count). The SMILES string of the molecule is CCCC1NC(=O)N(CC(=O)C2CC2)C1=O. The molecule has 1 saturated carbocycles. The van der Waals surface area contributed by atoms with Crippen molar-refractivity contribution in [3.05, 3.63) is 0 Å². The topological polar surface area (TPSA) is 66.5 Å². The number of amides is 3. The zero-order valence-electron chi connectivity index (χ0n) is 9.36. The number of hydrogen-bond donors (Lipinski definition) is 1. The van der Waals surface area contributed by atoms with Crippen molar-refractivity contribution in [3.63, 3.8) is 0 Å². The average Bonchev–Trinajstić information content (AvgIpc) is 3.04. The van der Waals surface area contributed by atoms with E-state index in [2.05, 4.69) is 5.32 Å². The Morgan fingerprint density at radius 1 is 1.44 bits per heavy atom. The predicted octanol–water partition coefficient (Wildman–Crippen LogP) is 0.686. The second-order valence-corrected chi connectivity index (χ2v) is 4.46. The van der Waals surface area contributed by atoms with Gasteiger partial charge in [0, 0.05) is 5.92 Å². The van der Waals surface area contributed by atoms with Crippen LogP contribution in [0.1, 0.15) is 32.6 Å². The summed E-state index contributed by atoms with van der Waals surface area (Å²) in [6.07, 6.45) is 3.28. The predicted molar refractivity (Wildman–Crippen MR) is 56.7 cm³/mol. The van der Waals surface area contributed by atoms with Gasteiger partial charge in [0.2, 0.25) is 0 Å². The Morgan fingerprint density at radius 2 is 2.12 bits per heavy atom. The summed E-state index contributed by atoms with van der Waals surface area (Å²) in [7, 11) is 0. The molecule has 0 aromatic carbocycles. The molecule has 88 valence electrons. The molecule has 0 radical (unpaired) electrons. The van der Waals surface area contributed by atoms with Crippen LogP contribution in [-0.4, -0.2) is 35.2 Å². The van der Waals surface area contributed by atoms with Crippen molar-refractivity contribution in [3.8, 4) is 0 Å². The fraction of sp³-hybridized carbons (Fsp3) is 0.727. The molecule has 0 aromatic heterocycles. The second kappa shape index (κ2) is 4.23. The summed E-state index contributed by atoms with van der Waals surface area (Å²) in [6.45, 7) is 1.91. The van der Waals surface area contributed by atoms with E-state index in [0.717, 1.165) is 24.2 Å². The van der Waals surface area contributed by atoms with E-state index in [1.807, 2.05) is 6.92 Å². The van der Waals surface area contributed by atoms with Gasteiger partial charge in [-0.05, 0) is 19.3 Å². The van der Waals surface area contributed by atoms with E-state index in [-0.39, 0.29) is 24.2 Å². The van der Waals surface area contributed by atoms with Crippen molar-refractivity contribution in [2.24, 2.45) is 5.92 Å². The molecule has 1 aliphatic carbocycles. The normalized spacial score (nSPS) is 24.8. The van der Waals surface area contributed by atoms with Gasteiger partial charge in [0.15, 0.2) is 5.78 Å². The van der Waals surface area contributed by atoms with Crippen LogP contribution in [0.25, 0.3) is 0 Å². The van der Waals surface area contributed by atoms with Crippen LogP contribution in [0.15, 0.2) is 0 Å². The maximum absolute atomic E-state index is 11.8. The number of hydrogen-bond acceptors (Lipinski definition) is 3. The summed E-state index contributed by atoms with van der Waals surface area (Å²) in [5.74, 6) is -0.146. The van der Waals surface area contributed by atoms with Crippen molar-refractivity contribution in [1.82, 2.24) is 10.2 Å². The molecule has 2 fully saturated rings. The van der Waals surface area contributed by atoms with E-state index in [1.54, 1.807) is 0 Å². The molecule has 5 nitrogen and oxygen atoms in total. The first kappa shape index (κ1) is 11.1. The molecule has 1 heterocycles. The third-order valence-corrected chi connectivity index (χ3v) is 3.03. The summed E-state index contributed by atoms with van der Waals surface area (Å²) in [6, 6.07) is -0.845. The molecule has 5 heteroatoms. The molecule has 1 N–H and O–H groups in total. The zero-order chi connectivity index (χ0) is 11.7.